The van der Waals surface area contributed by atoms with E-state index in [0.29, 0.717) is 25.3 Å². The van der Waals surface area contributed by atoms with Crippen molar-refractivity contribution in [3.63, 3.8) is 0 Å². The van der Waals surface area contributed by atoms with Crippen LogP contribution in [-0.4, -0.2) is 28.3 Å². The molecule has 0 saturated heterocycles. The van der Waals surface area contributed by atoms with Gasteiger partial charge in [0.15, 0.2) is 0 Å². The highest BCUT2D eigenvalue weighted by Gasteiger charge is 2.28. The van der Waals surface area contributed by atoms with Gasteiger partial charge in [-0.1, -0.05) is 62.4 Å². The molecule has 4 heteroatoms. The molecule has 2 aromatic rings. The molecule has 4 nitrogen and oxygen atoms in total. The van der Waals surface area contributed by atoms with Gasteiger partial charge in [0.1, 0.15) is 6.04 Å². The van der Waals surface area contributed by atoms with Crippen molar-refractivity contribution in [3.05, 3.63) is 70.8 Å². The van der Waals surface area contributed by atoms with Crippen LogP contribution in [0.25, 0.3) is 0 Å². The van der Waals surface area contributed by atoms with E-state index in [1.54, 1.807) is 4.90 Å². The normalized spacial score (nSPS) is 12.5. The van der Waals surface area contributed by atoms with Gasteiger partial charge < -0.3 is 10.2 Å². The Morgan fingerprint density at radius 2 is 1.58 bits per heavy atom. The first-order chi connectivity index (χ1) is 14.5. The minimum absolute atomic E-state index is 0.00671. The second-order valence-electron chi connectivity index (χ2n) is 9.76. The zero-order valence-corrected chi connectivity index (χ0v) is 20.2. The quantitative estimate of drug-likeness (QED) is 0.621. The second-order valence-corrected chi connectivity index (χ2v) is 9.76. The molecule has 0 heterocycles. The molecule has 0 spiro atoms. The van der Waals surface area contributed by atoms with E-state index in [-0.39, 0.29) is 17.4 Å². The lowest BCUT2D eigenvalue weighted by Gasteiger charge is -2.32. The van der Waals surface area contributed by atoms with Gasteiger partial charge in [0.05, 0.1) is 0 Å². The Morgan fingerprint density at radius 3 is 2.13 bits per heavy atom. The number of benzene rings is 2. The van der Waals surface area contributed by atoms with Crippen molar-refractivity contribution in [2.75, 3.05) is 0 Å². The molecule has 2 rings (SSSR count). The summed E-state index contributed by atoms with van der Waals surface area (Å²) in [5.74, 6) is 0.353. The van der Waals surface area contributed by atoms with Crippen LogP contribution in [0.15, 0.2) is 48.5 Å². The molecule has 31 heavy (non-hydrogen) atoms. The average molecular weight is 423 g/mol. The van der Waals surface area contributed by atoms with Crippen LogP contribution in [0.3, 0.4) is 0 Å². The van der Waals surface area contributed by atoms with Crippen molar-refractivity contribution in [1.29, 1.82) is 0 Å². The summed E-state index contributed by atoms with van der Waals surface area (Å²) in [4.78, 5) is 27.8. The molecule has 0 aliphatic rings. The standard InChI is InChI=1S/C27H38N2O2/c1-19(2)23-15-12-22(13-16-23)14-17-25(30)29(18-24-11-9-8-10-20(24)3)21(4)26(31)28-27(5,6)7/h8-13,15-16,19,21H,14,17-18H2,1-7H3,(H,28,31)/t21-/m1/s1. The minimum Gasteiger partial charge on any atom is -0.350 e. The highest BCUT2D eigenvalue weighted by Crippen LogP contribution is 2.18. The Hall–Kier alpha value is -2.62. The predicted octanol–water partition coefficient (Wildman–Crippen LogP) is 5.38. The average Bonchev–Trinajstić information content (AvgIpc) is 2.70. The van der Waals surface area contributed by atoms with Gasteiger partial charge in [-0.2, -0.15) is 0 Å². The lowest BCUT2D eigenvalue weighted by atomic mass is 10.00. The third-order valence-electron chi connectivity index (χ3n) is 5.54. The number of nitrogens with one attached hydrogen (secondary N) is 1. The van der Waals surface area contributed by atoms with Crippen LogP contribution in [0.5, 0.6) is 0 Å². The molecule has 0 aliphatic heterocycles. The molecule has 0 radical (unpaired) electrons. The van der Waals surface area contributed by atoms with Crippen molar-refractivity contribution in [2.45, 2.75) is 85.4 Å². The number of hydrogen-bond donors (Lipinski definition) is 1. The van der Waals surface area contributed by atoms with Gasteiger partial charge in [-0.25, -0.2) is 0 Å². The van der Waals surface area contributed by atoms with Crippen molar-refractivity contribution in [2.24, 2.45) is 0 Å². The fourth-order valence-electron chi connectivity index (χ4n) is 3.49. The largest absolute Gasteiger partial charge is 0.350 e. The first-order valence-electron chi connectivity index (χ1n) is 11.2. The Labute approximate surface area is 188 Å². The molecule has 2 amide bonds. The van der Waals surface area contributed by atoms with Crippen molar-refractivity contribution in [1.82, 2.24) is 10.2 Å². The summed E-state index contributed by atoms with van der Waals surface area (Å²) >= 11 is 0. The van der Waals surface area contributed by atoms with Crippen molar-refractivity contribution in [3.8, 4) is 0 Å². The van der Waals surface area contributed by atoms with Crippen LogP contribution in [-0.2, 0) is 22.6 Å². The molecule has 0 unspecified atom stereocenters. The topological polar surface area (TPSA) is 49.4 Å². The SMILES string of the molecule is Cc1ccccc1CN(C(=O)CCc1ccc(C(C)C)cc1)[C@H](C)C(=O)NC(C)(C)C. The fraction of sp³-hybridized carbons (Fsp3) is 0.481. The highest BCUT2D eigenvalue weighted by molar-refractivity contribution is 5.87. The predicted molar refractivity (Wildman–Crippen MR) is 128 cm³/mol. The number of rotatable bonds is 8. The Balaban J connectivity index is 2.16. The summed E-state index contributed by atoms with van der Waals surface area (Å²) in [7, 11) is 0. The summed E-state index contributed by atoms with van der Waals surface area (Å²) < 4.78 is 0. The number of aryl methyl sites for hydroxylation is 2. The van der Waals surface area contributed by atoms with Gasteiger partial charge in [0.25, 0.3) is 0 Å². The summed E-state index contributed by atoms with van der Waals surface area (Å²) in [5, 5.41) is 3.01. The summed E-state index contributed by atoms with van der Waals surface area (Å²) in [6.07, 6.45) is 1.04. The summed E-state index contributed by atoms with van der Waals surface area (Å²) in [6, 6.07) is 15.9. The zero-order chi connectivity index (χ0) is 23.2. The number of hydrogen-bond acceptors (Lipinski definition) is 2. The number of carbonyl (C=O) groups is 2. The zero-order valence-electron chi connectivity index (χ0n) is 20.2. The lowest BCUT2D eigenvalue weighted by molar-refractivity contribution is -0.141. The molecule has 2 aromatic carbocycles. The van der Waals surface area contributed by atoms with Crippen LogP contribution >= 0.6 is 0 Å². The number of nitrogens with zero attached hydrogens (tertiary/aromatic N) is 1. The van der Waals surface area contributed by atoms with E-state index < -0.39 is 6.04 Å². The maximum absolute atomic E-state index is 13.3. The second kappa shape index (κ2) is 10.6. The molecule has 0 saturated carbocycles. The first kappa shape index (κ1) is 24.6. The van der Waals surface area contributed by atoms with E-state index in [2.05, 4.69) is 43.4 Å². The van der Waals surface area contributed by atoms with Gasteiger partial charge in [-0.15, -0.1) is 0 Å². The van der Waals surface area contributed by atoms with Gasteiger partial charge >= 0.3 is 0 Å². The molecule has 1 N–H and O–H groups in total. The van der Waals surface area contributed by atoms with E-state index in [4.69, 9.17) is 0 Å². The van der Waals surface area contributed by atoms with E-state index >= 15 is 0 Å². The fourth-order valence-corrected chi connectivity index (χ4v) is 3.49. The van der Waals surface area contributed by atoms with Gasteiger partial charge in [0, 0.05) is 18.5 Å². The third kappa shape index (κ3) is 7.54. The molecular formula is C27H38N2O2. The van der Waals surface area contributed by atoms with Crippen molar-refractivity contribution >= 4 is 11.8 Å². The molecular weight excluding hydrogens is 384 g/mol. The number of amides is 2. The van der Waals surface area contributed by atoms with Crippen LogP contribution in [0.1, 0.15) is 76.1 Å². The third-order valence-corrected chi connectivity index (χ3v) is 5.54. The molecule has 0 bridgehead atoms. The highest BCUT2D eigenvalue weighted by atomic mass is 16.2. The first-order valence-corrected chi connectivity index (χ1v) is 11.2. The number of carbonyl (C=O) groups excluding carboxylic acids is 2. The Bertz CT molecular complexity index is 879. The van der Waals surface area contributed by atoms with Crippen LogP contribution in [0, 0.1) is 6.92 Å². The summed E-state index contributed by atoms with van der Waals surface area (Å²) in [5.41, 5.74) is 4.27. The van der Waals surface area contributed by atoms with E-state index in [1.165, 1.54) is 5.56 Å². The maximum Gasteiger partial charge on any atom is 0.242 e. The Morgan fingerprint density at radius 1 is 0.968 bits per heavy atom. The monoisotopic (exact) mass is 422 g/mol. The maximum atomic E-state index is 13.3. The molecule has 168 valence electrons. The smallest absolute Gasteiger partial charge is 0.242 e. The van der Waals surface area contributed by atoms with Crippen LogP contribution in [0.4, 0.5) is 0 Å². The molecule has 0 aromatic heterocycles. The summed E-state index contributed by atoms with van der Waals surface area (Å²) in [6.45, 7) is 14.5. The van der Waals surface area contributed by atoms with Gasteiger partial charge in [0.2, 0.25) is 11.8 Å². The van der Waals surface area contributed by atoms with E-state index in [1.807, 2.05) is 58.9 Å². The van der Waals surface area contributed by atoms with Crippen LogP contribution in [0.2, 0.25) is 0 Å². The van der Waals surface area contributed by atoms with E-state index in [9.17, 15) is 9.59 Å². The van der Waals surface area contributed by atoms with E-state index in [0.717, 1.165) is 16.7 Å². The molecule has 1 atom stereocenters. The lowest BCUT2D eigenvalue weighted by Crippen LogP contribution is -2.52. The van der Waals surface area contributed by atoms with Gasteiger partial charge in [-0.05, 0) is 69.2 Å². The Kier molecular flexibility index (Phi) is 8.43. The molecule has 0 aliphatic carbocycles. The molecule has 0 fully saturated rings. The van der Waals surface area contributed by atoms with Crippen molar-refractivity contribution < 1.29 is 9.59 Å². The minimum atomic E-state index is -0.547. The van der Waals surface area contributed by atoms with Crippen LogP contribution < -0.4 is 5.32 Å². The van der Waals surface area contributed by atoms with Gasteiger partial charge in [-0.3, -0.25) is 9.59 Å².